The molecule has 0 bridgehead atoms. The normalized spacial score (nSPS) is 17.4. The number of rotatable bonds is 8. The lowest BCUT2D eigenvalue weighted by atomic mass is 9.93. The number of amides is 2. The van der Waals surface area contributed by atoms with Crippen LogP contribution in [0, 0.1) is 0 Å². The minimum atomic E-state index is -0.326. The van der Waals surface area contributed by atoms with E-state index in [0.29, 0.717) is 34.7 Å². The van der Waals surface area contributed by atoms with Gasteiger partial charge < -0.3 is 26.0 Å². The van der Waals surface area contributed by atoms with Crippen LogP contribution in [0.1, 0.15) is 36.0 Å². The summed E-state index contributed by atoms with van der Waals surface area (Å²) in [6, 6.07) is 14.7. The van der Waals surface area contributed by atoms with Gasteiger partial charge in [-0.15, -0.1) is 0 Å². The summed E-state index contributed by atoms with van der Waals surface area (Å²) in [5.74, 6) is -0.280. The topological polar surface area (TPSA) is 132 Å². The number of aromatic amines is 1. The molecule has 9 nitrogen and oxygen atoms in total. The summed E-state index contributed by atoms with van der Waals surface area (Å²) in [5.41, 5.74) is 4.27. The van der Waals surface area contributed by atoms with Crippen LogP contribution < -0.4 is 16.0 Å². The van der Waals surface area contributed by atoms with E-state index in [1.54, 1.807) is 30.6 Å². The Morgan fingerprint density at radius 2 is 1.90 bits per heavy atom. The highest BCUT2D eigenvalue weighted by molar-refractivity contribution is 6.34. The molecule has 0 aliphatic heterocycles. The van der Waals surface area contributed by atoms with E-state index < -0.39 is 0 Å². The minimum Gasteiger partial charge on any atom is -0.393 e. The third-order valence-electron chi connectivity index (χ3n) is 6.71. The van der Waals surface area contributed by atoms with E-state index in [4.69, 9.17) is 11.6 Å². The Kier molecular flexibility index (Phi) is 8.31. The van der Waals surface area contributed by atoms with Crippen LogP contribution in [-0.2, 0) is 4.79 Å². The minimum absolute atomic E-state index is 0.186. The predicted octanol–water partition coefficient (Wildman–Crippen LogP) is 4.92. The van der Waals surface area contributed by atoms with Crippen molar-refractivity contribution in [3.8, 4) is 11.1 Å². The number of fused-ring (bicyclic) bond motifs is 1. The molecule has 39 heavy (non-hydrogen) atoms. The molecule has 1 aliphatic carbocycles. The molecule has 2 aromatic carbocycles. The van der Waals surface area contributed by atoms with Crippen LogP contribution in [0.3, 0.4) is 0 Å². The summed E-state index contributed by atoms with van der Waals surface area (Å²) in [6.45, 7) is 0.575. The average Bonchev–Trinajstić information content (AvgIpc) is 3.39. The Balaban J connectivity index is 1.14. The van der Waals surface area contributed by atoms with Gasteiger partial charge in [-0.3, -0.25) is 9.59 Å². The summed E-state index contributed by atoms with van der Waals surface area (Å²) in [5, 5.41) is 19.1. The zero-order chi connectivity index (χ0) is 27.2. The first-order chi connectivity index (χ1) is 18.9. The molecule has 0 spiro atoms. The van der Waals surface area contributed by atoms with Crippen molar-refractivity contribution in [1.82, 2.24) is 20.3 Å². The summed E-state index contributed by atoms with van der Waals surface area (Å²) in [7, 11) is 0. The number of halogens is 1. The molecule has 0 atom stereocenters. The SMILES string of the molecule is O=C(/C=C/CN[C@H]1CC[C@H](O)CC1)Nc1ccc(C(=O)Nc2cccc(-c3cc4nc[nH]c4cc3Cl)c2)cn1. The standard InChI is InChI=1S/C29H29ClN6O3/c30-24-15-26-25(33-17-34-26)14-23(24)18-3-1-4-21(13-18)35-29(39)19-6-11-27(32-16-19)36-28(38)5-2-12-31-20-7-9-22(37)10-8-20/h1-6,11,13-17,20,22,31,37H,7-10,12H2,(H,33,34)(H,35,39)(H,32,36,38)/b5-2+/t20-,22-. The molecule has 200 valence electrons. The van der Waals surface area contributed by atoms with E-state index in [1.807, 2.05) is 30.3 Å². The number of carbonyl (C=O) groups excluding carboxylic acids is 2. The van der Waals surface area contributed by atoms with Gasteiger partial charge in [-0.1, -0.05) is 29.8 Å². The number of hydrogen-bond donors (Lipinski definition) is 5. The monoisotopic (exact) mass is 544 g/mol. The highest BCUT2D eigenvalue weighted by Crippen LogP contribution is 2.32. The first kappa shape index (κ1) is 26.6. The number of carbonyl (C=O) groups is 2. The van der Waals surface area contributed by atoms with Crippen LogP contribution in [0.25, 0.3) is 22.2 Å². The van der Waals surface area contributed by atoms with Crippen LogP contribution in [-0.4, -0.2) is 50.6 Å². The van der Waals surface area contributed by atoms with Crippen molar-refractivity contribution >= 4 is 46.0 Å². The van der Waals surface area contributed by atoms with Crippen LogP contribution >= 0.6 is 11.6 Å². The van der Waals surface area contributed by atoms with Gasteiger partial charge in [0.1, 0.15) is 5.82 Å². The maximum Gasteiger partial charge on any atom is 0.257 e. The van der Waals surface area contributed by atoms with Gasteiger partial charge in [0.25, 0.3) is 5.91 Å². The van der Waals surface area contributed by atoms with Crippen molar-refractivity contribution < 1.29 is 14.7 Å². The second-order valence-corrected chi connectivity index (χ2v) is 9.93. The van der Waals surface area contributed by atoms with Crippen LogP contribution in [0.4, 0.5) is 11.5 Å². The second-order valence-electron chi connectivity index (χ2n) is 9.52. The molecule has 0 unspecified atom stereocenters. The van der Waals surface area contributed by atoms with Gasteiger partial charge in [0.15, 0.2) is 0 Å². The second kappa shape index (κ2) is 12.2. The Morgan fingerprint density at radius 1 is 1.05 bits per heavy atom. The van der Waals surface area contributed by atoms with Crippen molar-refractivity contribution in [3.63, 3.8) is 0 Å². The van der Waals surface area contributed by atoms with E-state index in [0.717, 1.165) is 47.8 Å². The number of imidazole rings is 1. The quantitative estimate of drug-likeness (QED) is 0.200. The molecule has 5 rings (SSSR count). The zero-order valence-corrected chi connectivity index (χ0v) is 21.9. The van der Waals surface area contributed by atoms with E-state index in [9.17, 15) is 14.7 Å². The third-order valence-corrected chi connectivity index (χ3v) is 7.02. The molecule has 2 amide bonds. The molecule has 1 fully saturated rings. The first-order valence-corrected chi connectivity index (χ1v) is 13.2. The Bertz CT molecular complexity index is 1490. The highest BCUT2D eigenvalue weighted by atomic mass is 35.5. The predicted molar refractivity (Wildman–Crippen MR) is 153 cm³/mol. The Morgan fingerprint density at radius 3 is 2.69 bits per heavy atom. The molecule has 0 saturated heterocycles. The van der Waals surface area contributed by atoms with Crippen LogP contribution in [0.5, 0.6) is 0 Å². The van der Waals surface area contributed by atoms with Gasteiger partial charge in [0.05, 0.1) is 34.1 Å². The zero-order valence-electron chi connectivity index (χ0n) is 21.2. The fourth-order valence-electron chi connectivity index (χ4n) is 4.60. The number of nitrogens with zero attached hydrogens (tertiary/aromatic N) is 2. The van der Waals surface area contributed by atoms with Crippen molar-refractivity contribution in [1.29, 1.82) is 0 Å². The first-order valence-electron chi connectivity index (χ1n) is 12.8. The van der Waals surface area contributed by atoms with Crippen LogP contribution in [0.15, 0.2) is 73.2 Å². The molecule has 5 N–H and O–H groups in total. The number of aromatic nitrogens is 3. The smallest absolute Gasteiger partial charge is 0.257 e. The Labute approximate surface area is 230 Å². The fourth-order valence-corrected chi connectivity index (χ4v) is 4.87. The van der Waals surface area contributed by atoms with Crippen molar-refractivity contribution in [2.45, 2.75) is 37.8 Å². The lowest BCUT2D eigenvalue weighted by Gasteiger charge is -2.25. The number of aliphatic hydroxyl groups is 1. The van der Waals surface area contributed by atoms with Gasteiger partial charge in [0, 0.05) is 36.1 Å². The number of aliphatic hydroxyl groups excluding tert-OH is 1. The number of hydrogen-bond acceptors (Lipinski definition) is 6. The van der Waals surface area contributed by atoms with Gasteiger partial charge in [-0.25, -0.2) is 9.97 Å². The van der Waals surface area contributed by atoms with Gasteiger partial charge in [-0.05, 0) is 67.6 Å². The van der Waals surface area contributed by atoms with Crippen molar-refractivity contribution in [2.75, 3.05) is 17.2 Å². The van der Waals surface area contributed by atoms with E-state index in [2.05, 4.69) is 30.9 Å². The number of nitrogens with one attached hydrogen (secondary N) is 4. The molecule has 0 radical (unpaired) electrons. The molecule has 1 saturated carbocycles. The van der Waals surface area contributed by atoms with Crippen LogP contribution in [0.2, 0.25) is 5.02 Å². The highest BCUT2D eigenvalue weighted by Gasteiger charge is 2.18. The molecule has 4 aromatic rings. The van der Waals surface area contributed by atoms with Crippen molar-refractivity contribution in [3.05, 3.63) is 83.8 Å². The number of H-pyrrole nitrogens is 1. The fraction of sp³-hybridized carbons (Fsp3) is 0.241. The molecule has 1 aliphatic rings. The van der Waals surface area contributed by atoms with Gasteiger partial charge >= 0.3 is 0 Å². The summed E-state index contributed by atoms with van der Waals surface area (Å²) < 4.78 is 0. The molecule has 2 aromatic heterocycles. The maximum absolute atomic E-state index is 12.8. The maximum atomic E-state index is 12.8. The van der Waals surface area contributed by atoms with Gasteiger partial charge in [-0.2, -0.15) is 0 Å². The summed E-state index contributed by atoms with van der Waals surface area (Å²) in [6.07, 6.45) is 9.56. The molecule has 2 heterocycles. The number of pyridine rings is 1. The van der Waals surface area contributed by atoms with Crippen molar-refractivity contribution in [2.24, 2.45) is 0 Å². The summed E-state index contributed by atoms with van der Waals surface area (Å²) in [4.78, 5) is 36.5. The molecular formula is C29H29ClN6O3. The third kappa shape index (κ3) is 6.88. The van der Waals surface area contributed by atoms with E-state index >= 15 is 0 Å². The lowest BCUT2D eigenvalue weighted by molar-refractivity contribution is -0.111. The molecular weight excluding hydrogens is 516 g/mol. The molecule has 10 heteroatoms. The Hall–Kier alpha value is -4.05. The number of anilines is 2. The van der Waals surface area contributed by atoms with Gasteiger partial charge in [0.2, 0.25) is 5.91 Å². The van der Waals surface area contributed by atoms with E-state index in [1.165, 1.54) is 12.3 Å². The average molecular weight is 545 g/mol. The number of benzene rings is 2. The summed E-state index contributed by atoms with van der Waals surface area (Å²) >= 11 is 6.48. The van der Waals surface area contributed by atoms with E-state index in [-0.39, 0.29) is 17.9 Å². The lowest BCUT2D eigenvalue weighted by Crippen LogP contribution is -2.34. The largest absolute Gasteiger partial charge is 0.393 e.